The molecule has 2 aliphatic heterocycles. The molecule has 2 aromatic carbocycles. The maximum atomic E-state index is 16.3. The zero-order chi connectivity index (χ0) is 58.1. The molecular formula is C53H77N10O12S4+. The Balaban J connectivity index is 1.37. The van der Waals surface area contributed by atoms with Gasteiger partial charge in [0.05, 0.1) is 57.7 Å². The summed E-state index contributed by atoms with van der Waals surface area (Å²) in [4.78, 5) is 60.7. The molecule has 0 radical (unpaired) electrons. The number of nitrogens with one attached hydrogen (secondary N) is 5. The van der Waals surface area contributed by atoms with Crippen LogP contribution >= 0.6 is 22.7 Å². The van der Waals surface area contributed by atoms with Gasteiger partial charge in [-0.1, -0.05) is 17.4 Å². The zero-order valence-corrected chi connectivity index (χ0v) is 50.7. The van der Waals surface area contributed by atoms with Gasteiger partial charge >= 0.3 is 29.5 Å². The van der Waals surface area contributed by atoms with Crippen molar-refractivity contribution < 1.29 is 59.6 Å². The van der Waals surface area contributed by atoms with Gasteiger partial charge in [-0.3, -0.25) is 15.5 Å². The Hall–Kier alpha value is -5.96. The van der Waals surface area contributed by atoms with Crippen molar-refractivity contribution in [3.05, 3.63) is 48.8 Å². The first-order valence-electron chi connectivity index (χ1n) is 26.6. The van der Waals surface area contributed by atoms with Gasteiger partial charge in [0.2, 0.25) is 10.0 Å². The van der Waals surface area contributed by atoms with E-state index < -0.39 is 67.7 Å². The van der Waals surface area contributed by atoms with Crippen molar-refractivity contribution in [2.24, 2.45) is 11.8 Å². The number of hydrogen-bond acceptors (Lipinski definition) is 17. The third-order valence-corrected chi connectivity index (χ3v) is 18.7. The van der Waals surface area contributed by atoms with Gasteiger partial charge in [0.1, 0.15) is 11.1 Å². The SMILES string of the molecule is CC(C)OC(=O)Nc1ccc(-c2c[n+](N(C(C)(C)C)S(=O)(=O)c3cc(NC(=O)OC(C)C)ccc3-c3cnc(N4CC5C(C4)C5NC(=O)OC(C)C)s3)c(N3CCCC(NC(=O)OC(C)C)CC3)s2)c(S(=O)(=O)NC(C)(C)C)c1. The van der Waals surface area contributed by atoms with Crippen LogP contribution in [0, 0.1) is 11.8 Å². The van der Waals surface area contributed by atoms with E-state index in [1.165, 1.54) is 39.2 Å². The molecule has 1 aliphatic carbocycles. The van der Waals surface area contributed by atoms with E-state index in [-0.39, 0.29) is 62.9 Å². The van der Waals surface area contributed by atoms with Crippen molar-refractivity contribution in [3.63, 3.8) is 0 Å². The number of carbonyl (C=O) groups is 4. The molecule has 3 aliphatic rings. The van der Waals surface area contributed by atoms with Gasteiger partial charge in [0, 0.05) is 77.7 Å². The topological polar surface area (TPSA) is 260 Å². The second kappa shape index (κ2) is 24.0. The van der Waals surface area contributed by atoms with E-state index in [2.05, 4.69) is 30.9 Å². The molecule has 26 heteroatoms. The first kappa shape index (κ1) is 60.7. The molecule has 5 N–H and O–H groups in total. The lowest BCUT2D eigenvalue weighted by atomic mass is 10.1. The van der Waals surface area contributed by atoms with E-state index in [9.17, 15) is 27.6 Å². The second-order valence-corrected chi connectivity index (χ2v) is 28.6. The highest BCUT2D eigenvalue weighted by Gasteiger charge is 2.57. The van der Waals surface area contributed by atoms with E-state index in [1.807, 2.05) is 4.90 Å². The van der Waals surface area contributed by atoms with Gasteiger partial charge in [-0.25, -0.2) is 37.3 Å². The summed E-state index contributed by atoms with van der Waals surface area (Å²) in [6.45, 7) is 26.3. The minimum atomic E-state index is -4.75. The Morgan fingerprint density at radius 3 is 1.72 bits per heavy atom. The smallest absolute Gasteiger partial charge is 0.411 e. The molecule has 1 saturated carbocycles. The molecular weight excluding hydrogens is 1100 g/mol. The number of anilines is 4. The predicted molar refractivity (Wildman–Crippen MR) is 306 cm³/mol. The van der Waals surface area contributed by atoms with Crippen LogP contribution in [0.1, 0.15) is 116 Å². The summed E-state index contributed by atoms with van der Waals surface area (Å²) in [5.41, 5.74) is -1.38. The summed E-state index contributed by atoms with van der Waals surface area (Å²) >= 11 is 2.49. The number of nitrogens with zero attached hydrogens (tertiary/aromatic N) is 5. The number of alkyl carbamates (subject to hydrolysis) is 2. The number of thiazole rings is 2. The molecule has 434 valence electrons. The zero-order valence-electron chi connectivity index (χ0n) is 47.5. The number of amides is 4. The molecule has 2 saturated heterocycles. The molecule has 4 aromatic rings. The fourth-order valence-corrected chi connectivity index (χ4v) is 15.6. The molecule has 79 heavy (non-hydrogen) atoms. The molecule has 4 amide bonds. The van der Waals surface area contributed by atoms with Crippen molar-refractivity contribution in [1.29, 1.82) is 0 Å². The third kappa shape index (κ3) is 15.3. The second-order valence-electron chi connectivity index (χ2n) is 23.2. The van der Waals surface area contributed by atoms with Crippen LogP contribution in [0.15, 0.2) is 58.6 Å². The normalized spacial score (nSPS) is 18.8. The van der Waals surface area contributed by atoms with Gasteiger partial charge in [-0.15, -0.1) is 9.09 Å². The van der Waals surface area contributed by atoms with Gasteiger partial charge < -0.3 is 34.5 Å². The number of hydrogen-bond donors (Lipinski definition) is 5. The van der Waals surface area contributed by atoms with Crippen molar-refractivity contribution in [2.45, 2.75) is 174 Å². The van der Waals surface area contributed by atoms with Crippen LogP contribution < -0.4 is 44.9 Å². The van der Waals surface area contributed by atoms with Crippen LogP contribution in [0.5, 0.6) is 0 Å². The predicted octanol–water partition coefficient (Wildman–Crippen LogP) is 9.00. The lowest BCUT2D eigenvalue weighted by Gasteiger charge is -2.34. The van der Waals surface area contributed by atoms with Gasteiger partial charge in [0.15, 0.2) is 5.13 Å². The fraction of sp³-hybridized carbons (Fsp3) is 0.585. The average molecular weight is 1170 g/mol. The van der Waals surface area contributed by atoms with Gasteiger partial charge in [-0.2, -0.15) is 8.42 Å². The summed E-state index contributed by atoms with van der Waals surface area (Å²) in [5.74, 6) is 0.394. The largest absolute Gasteiger partial charge is 0.447 e. The average Bonchev–Trinajstić information content (AvgIpc) is 3.82. The van der Waals surface area contributed by atoms with Gasteiger partial charge in [0.25, 0.3) is 10.0 Å². The maximum Gasteiger partial charge on any atom is 0.411 e. The highest BCUT2D eigenvalue weighted by Crippen LogP contribution is 2.49. The van der Waals surface area contributed by atoms with Crippen molar-refractivity contribution in [3.8, 4) is 20.9 Å². The first-order valence-corrected chi connectivity index (χ1v) is 31.1. The summed E-state index contributed by atoms with van der Waals surface area (Å²) in [6.07, 6.45) is 0.810. The standard InChI is InChI=1S/C53H76N10O12S4/c1-30(2)72-47(64)55-34-16-15-22-60(23-21-34)51-62(29-42(77-51)38-20-18-35(56-48(65)73-31(3)4)24-43(38)78(68,69)59-52(9,10)11)63(53(12,13)14)79(70,71)44-25-36(57-49(66)74-32(5)6)17-19-37(44)41-26-54-46(76-41)61-27-39-40(28-61)45(39)58-50(67)75-33(7)8/h17-20,24-26,29-34,39-40,45,59H,15-16,21-23,27-28H2,1-14H3,(H3-,55,56,57,58,64,65,66,67)/p+1. The Morgan fingerprint density at radius 1 is 0.671 bits per heavy atom. The number of fused-ring (bicyclic) bond motifs is 1. The van der Waals surface area contributed by atoms with E-state index in [0.29, 0.717) is 71.0 Å². The summed E-state index contributed by atoms with van der Waals surface area (Å²) in [6, 6.07) is 8.79. The summed E-state index contributed by atoms with van der Waals surface area (Å²) < 4.78 is 88.6. The third-order valence-electron chi connectivity index (χ3n) is 12.6. The fourth-order valence-electron chi connectivity index (χ4n) is 9.58. The Morgan fingerprint density at radius 2 is 1.19 bits per heavy atom. The molecule has 22 nitrogen and oxygen atoms in total. The van der Waals surface area contributed by atoms with Crippen molar-refractivity contribution >= 4 is 88.7 Å². The van der Waals surface area contributed by atoms with E-state index in [4.69, 9.17) is 23.9 Å². The minimum Gasteiger partial charge on any atom is -0.447 e. The molecule has 7 rings (SSSR count). The molecule has 0 spiro atoms. The minimum absolute atomic E-state index is 0.0155. The number of piperidine rings is 1. The van der Waals surface area contributed by atoms with E-state index >= 15 is 8.42 Å². The molecule has 3 unspecified atom stereocenters. The Bertz CT molecular complexity index is 3100. The number of carbonyl (C=O) groups excluding carboxylic acids is 4. The van der Waals surface area contributed by atoms with E-state index in [1.54, 1.807) is 138 Å². The van der Waals surface area contributed by atoms with Crippen LogP contribution in [-0.4, -0.2) is 120 Å². The van der Waals surface area contributed by atoms with Crippen molar-refractivity contribution in [1.82, 2.24) is 20.3 Å². The van der Waals surface area contributed by atoms with Crippen LogP contribution in [0.25, 0.3) is 20.9 Å². The lowest BCUT2D eigenvalue weighted by molar-refractivity contribution is -0.667. The molecule has 4 heterocycles. The van der Waals surface area contributed by atoms with Crippen LogP contribution in [0.4, 0.5) is 40.8 Å². The Kier molecular flexibility index (Phi) is 18.4. The molecule has 2 aromatic heterocycles. The monoisotopic (exact) mass is 1170 g/mol. The highest BCUT2D eigenvalue weighted by molar-refractivity contribution is 7.92. The number of rotatable bonds is 17. The van der Waals surface area contributed by atoms with Crippen LogP contribution in [0.3, 0.4) is 0 Å². The molecule has 3 fully saturated rings. The number of benzene rings is 2. The Labute approximate surface area is 472 Å². The van der Waals surface area contributed by atoms with Crippen LogP contribution in [-0.2, 0) is 39.0 Å². The number of sulfonamides is 2. The van der Waals surface area contributed by atoms with Gasteiger partial charge in [-0.05, 0) is 151 Å². The lowest BCUT2D eigenvalue weighted by Crippen LogP contribution is -2.68. The van der Waals surface area contributed by atoms with E-state index in [0.717, 1.165) is 0 Å². The molecule has 0 bridgehead atoms. The van der Waals surface area contributed by atoms with Crippen molar-refractivity contribution in [2.75, 3.05) is 51.0 Å². The summed E-state index contributed by atoms with van der Waals surface area (Å²) in [7, 11) is -9.10. The van der Waals surface area contributed by atoms with Crippen LogP contribution in [0.2, 0.25) is 0 Å². The number of ether oxygens (including phenoxy) is 4. The molecule has 3 atom stereocenters. The number of aromatic nitrogens is 2. The quantitative estimate of drug-likeness (QED) is 0.0488. The highest BCUT2D eigenvalue weighted by atomic mass is 32.2. The maximum absolute atomic E-state index is 16.3. The first-order chi connectivity index (χ1) is 36.8. The summed E-state index contributed by atoms with van der Waals surface area (Å²) in [5, 5.41) is 12.4.